The maximum atomic E-state index is 2.41. The highest BCUT2D eigenvalue weighted by Gasteiger charge is 2.22. The van der Waals surface area contributed by atoms with Crippen LogP contribution in [0.3, 0.4) is 0 Å². The second-order valence-corrected chi connectivity index (χ2v) is 16.3. The van der Waals surface area contributed by atoms with Gasteiger partial charge in [0.25, 0.3) is 0 Å². The minimum atomic E-state index is 1.10. The third-order valence-corrected chi connectivity index (χ3v) is 11.8. The van der Waals surface area contributed by atoms with Crippen LogP contribution in [0.25, 0.3) is 44.9 Å². The van der Waals surface area contributed by atoms with Gasteiger partial charge in [-0.2, -0.15) is 0 Å². The summed E-state index contributed by atoms with van der Waals surface area (Å²) in [6, 6.07) is 79.3. The first kappa shape index (κ1) is 38.4. The molecule has 2 heterocycles. The molecule has 62 heavy (non-hydrogen) atoms. The van der Waals surface area contributed by atoms with Crippen molar-refractivity contribution in [1.29, 1.82) is 0 Å². The first-order valence-corrected chi connectivity index (χ1v) is 21.3. The summed E-state index contributed by atoms with van der Waals surface area (Å²) in [4.78, 5) is 4.66. The van der Waals surface area contributed by atoms with E-state index in [0.29, 0.717) is 0 Å². The van der Waals surface area contributed by atoms with E-state index in [-0.39, 0.29) is 0 Å². The largest absolute Gasteiger partial charge is 0.311 e. The first-order valence-electron chi connectivity index (χ1n) is 21.3. The molecule has 4 heteroatoms. The fraction of sp³-hybridized carbons (Fsp3) is 0.0690. The highest BCUT2D eigenvalue weighted by molar-refractivity contribution is 5.94. The van der Waals surface area contributed by atoms with Gasteiger partial charge in [0, 0.05) is 45.5 Å². The molecule has 300 valence electrons. The fourth-order valence-corrected chi connectivity index (χ4v) is 8.52. The van der Waals surface area contributed by atoms with Gasteiger partial charge in [-0.1, -0.05) is 131 Å². The number of aryl methyl sites for hydroxylation is 4. The van der Waals surface area contributed by atoms with E-state index in [0.717, 1.165) is 79.0 Å². The second kappa shape index (κ2) is 16.3. The predicted octanol–water partition coefficient (Wildman–Crippen LogP) is 15.9. The lowest BCUT2D eigenvalue weighted by atomic mass is 10.1. The quantitative estimate of drug-likeness (QED) is 0.137. The van der Waals surface area contributed by atoms with Gasteiger partial charge in [0.05, 0.1) is 22.4 Å². The van der Waals surface area contributed by atoms with Crippen LogP contribution >= 0.6 is 0 Å². The van der Waals surface area contributed by atoms with Crippen molar-refractivity contribution >= 4 is 45.2 Å². The summed E-state index contributed by atoms with van der Waals surface area (Å²) in [5.74, 6) is 0. The van der Waals surface area contributed by atoms with Crippen LogP contribution in [0.1, 0.15) is 22.3 Å². The summed E-state index contributed by atoms with van der Waals surface area (Å²) in [5, 5.41) is 0. The summed E-state index contributed by atoms with van der Waals surface area (Å²) in [6.45, 7) is 8.53. The molecule has 0 amide bonds. The molecule has 0 atom stereocenters. The van der Waals surface area contributed by atoms with Crippen LogP contribution in [0.5, 0.6) is 0 Å². The smallest absolute Gasteiger partial charge is 0.0724 e. The number of aromatic nitrogens is 2. The fourth-order valence-electron chi connectivity index (χ4n) is 8.52. The average Bonchev–Trinajstić information content (AvgIpc) is 3.87. The van der Waals surface area contributed by atoms with Crippen molar-refractivity contribution in [3.63, 3.8) is 0 Å². The van der Waals surface area contributed by atoms with Gasteiger partial charge in [-0.25, -0.2) is 0 Å². The van der Waals surface area contributed by atoms with Crippen molar-refractivity contribution in [2.24, 2.45) is 0 Å². The van der Waals surface area contributed by atoms with Crippen molar-refractivity contribution in [3.05, 3.63) is 241 Å². The number of benzene rings is 8. The summed E-state index contributed by atoms with van der Waals surface area (Å²) < 4.78 is 4.83. The monoisotopic (exact) mass is 800 g/mol. The molecule has 2 aromatic heterocycles. The number of rotatable bonds is 10. The summed E-state index contributed by atoms with van der Waals surface area (Å²) in [6.07, 6.45) is 0. The Morgan fingerprint density at radius 2 is 0.516 bits per heavy atom. The Hall–Kier alpha value is -7.82. The zero-order chi connectivity index (χ0) is 42.2. The Bertz CT molecular complexity index is 2780. The number of hydrogen-bond donors (Lipinski definition) is 0. The third kappa shape index (κ3) is 7.37. The van der Waals surface area contributed by atoms with Gasteiger partial charge < -0.3 is 18.9 Å². The molecule has 0 aliphatic carbocycles. The predicted molar refractivity (Wildman–Crippen MR) is 262 cm³/mol. The molecule has 0 unspecified atom stereocenters. The van der Waals surface area contributed by atoms with Crippen LogP contribution in [0.4, 0.5) is 34.1 Å². The van der Waals surface area contributed by atoms with Crippen molar-refractivity contribution in [3.8, 4) is 33.9 Å². The Morgan fingerprint density at radius 1 is 0.274 bits per heavy atom. The third-order valence-electron chi connectivity index (χ3n) is 11.8. The Kier molecular flexibility index (Phi) is 10.1. The lowest BCUT2D eigenvalue weighted by Gasteiger charge is -2.26. The molecule has 8 aromatic carbocycles. The zero-order valence-electron chi connectivity index (χ0n) is 35.6. The minimum absolute atomic E-state index is 1.10. The molecule has 0 spiro atoms. The number of fused-ring (bicyclic) bond motifs is 1. The van der Waals surface area contributed by atoms with Gasteiger partial charge in [-0.05, 0) is 148 Å². The molecule has 0 N–H and O–H groups in total. The van der Waals surface area contributed by atoms with Crippen molar-refractivity contribution in [2.75, 3.05) is 9.80 Å². The van der Waals surface area contributed by atoms with Gasteiger partial charge in [-0.15, -0.1) is 0 Å². The van der Waals surface area contributed by atoms with Crippen molar-refractivity contribution in [2.45, 2.75) is 27.7 Å². The van der Waals surface area contributed by atoms with Crippen LogP contribution < -0.4 is 9.80 Å². The highest BCUT2D eigenvalue weighted by Crippen LogP contribution is 2.42. The molecule has 0 radical (unpaired) electrons. The van der Waals surface area contributed by atoms with Gasteiger partial charge in [-0.3, -0.25) is 0 Å². The zero-order valence-corrected chi connectivity index (χ0v) is 35.6. The lowest BCUT2D eigenvalue weighted by Crippen LogP contribution is -2.10. The number of anilines is 6. The van der Waals surface area contributed by atoms with E-state index in [9.17, 15) is 0 Å². The Morgan fingerprint density at radius 3 is 0.774 bits per heavy atom. The molecule has 10 aromatic rings. The molecule has 0 bridgehead atoms. The van der Waals surface area contributed by atoms with E-state index in [1.54, 1.807) is 0 Å². The van der Waals surface area contributed by atoms with Gasteiger partial charge in [0.1, 0.15) is 0 Å². The van der Waals surface area contributed by atoms with E-state index in [1.165, 1.54) is 22.3 Å². The van der Waals surface area contributed by atoms with Crippen LogP contribution in [-0.4, -0.2) is 9.13 Å². The molecule has 0 aliphatic rings. The first-order chi connectivity index (χ1) is 30.4. The van der Waals surface area contributed by atoms with Gasteiger partial charge in [0.15, 0.2) is 0 Å². The molecule has 10 rings (SSSR count). The summed E-state index contributed by atoms with van der Waals surface area (Å²) >= 11 is 0. The van der Waals surface area contributed by atoms with Crippen molar-refractivity contribution in [1.82, 2.24) is 9.13 Å². The van der Waals surface area contributed by atoms with Crippen LogP contribution in [0.15, 0.2) is 218 Å². The van der Waals surface area contributed by atoms with Gasteiger partial charge in [0.2, 0.25) is 0 Å². The van der Waals surface area contributed by atoms with Crippen LogP contribution in [0, 0.1) is 27.7 Å². The topological polar surface area (TPSA) is 16.3 Å². The number of nitrogens with zero attached hydrogens (tertiary/aromatic N) is 4. The molecular weight excluding hydrogens is 753 g/mol. The molecule has 0 saturated heterocycles. The van der Waals surface area contributed by atoms with Gasteiger partial charge >= 0.3 is 0 Å². The highest BCUT2D eigenvalue weighted by atomic mass is 15.1. The van der Waals surface area contributed by atoms with E-state index in [1.807, 2.05) is 0 Å². The summed E-state index contributed by atoms with van der Waals surface area (Å²) in [5.41, 5.74) is 20.7. The van der Waals surface area contributed by atoms with E-state index >= 15 is 0 Å². The molecule has 4 nitrogen and oxygen atoms in total. The van der Waals surface area contributed by atoms with E-state index in [4.69, 9.17) is 0 Å². The lowest BCUT2D eigenvalue weighted by molar-refractivity contribution is 1.13. The molecule has 0 fully saturated rings. The van der Waals surface area contributed by atoms with Crippen molar-refractivity contribution < 1.29 is 0 Å². The summed E-state index contributed by atoms with van der Waals surface area (Å²) in [7, 11) is 0. The molecule has 0 aliphatic heterocycles. The normalized spacial score (nSPS) is 11.2. The van der Waals surface area contributed by atoms with Crippen LogP contribution in [-0.2, 0) is 0 Å². The van der Waals surface area contributed by atoms with Crippen LogP contribution in [0.2, 0.25) is 0 Å². The number of para-hydroxylation sites is 2. The van der Waals surface area contributed by atoms with E-state index in [2.05, 4.69) is 265 Å². The Balaban J connectivity index is 1.10. The maximum Gasteiger partial charge on any atom is 0.0724 e. The van der Waals surface area contributed by atoms with E-state index < -0.39 is 0 Å². The average molecular weight is 801 g/mol. The minimum Gasteiger partial charge on any atom is -0.311 e. The molecular formula is C58H48N4. The second-order valence-electron chi connectivity index (χ2n) is 16.3. The molecule has 0 saturated carbocycles. The number of hydrogen-bond acceptors (Lipinski definition) is 2. The SMILES string of the molecule is Cc1ccc(N(c2ccc(C)cc2)c2ccc(-c3cc4c(cc(-c5ccc(N(c6ccc(C)cc6)c6ccc(C)cc6)cc5)n4-c4ccccc4)n3-c3ccccc3)cc2)cc1. The standard InChI is InChI=1S/C58H48N4/c1-41-15-27-49(28-16-41)59(50-29-17-42(2)18-30-50)53-35-23-45(24-36-53)55-39-57-58(61(55)47-11-7-5-8-12-47)40-56(62(57)48-13-9-6-10-14-48)46-25-37-54(38-26-46)60(51-31-19-43(3)20-32-51)52-33-21-44(4)22-34-52/h5-40H,1-4H3. The Labute approximate surface area is 364 Å². The maximum absolute atomic E-state index is 2.41.